The van der Waals surface area contributed by atoms with Crippen molar-refractivity contribution < 1.29 is 4.79 Å². The Morgan fingerprint density at radius 3 is 2.25 bits per heavy atom. The molecule has 0 aliphatic heterocycles. The second-order valence-corrected chi connectivity index (χ2v) is 5.85. The number of carbonyl (C=O) groups excluding carboxylic acids is 1. The van der Waals surface area contributed by atoms with Gasteiger partial charge >= 0.3 is 0 Å². The Morgan fingerprint density at radius 1 is 1.19 bits per heavy atom. The highest BCUT2D eigenvalue weighted by Gasteiger charge is 2.29. The zero-order valence-electron chi connectivity index (χ0n) is 8.14. The van der Waals surface area contributed by atoms with Gasteiger partial charge in [-0.05, 0) is 24.1 Å². The predicted octanol–water partition coefficient (Wildman–Crippen LogP) is 3.37. The van der Waals surface area contributed by atoms with Gasteiger partial charge in [-0.25, -0.2) is 0 Å². The van der Waals surface area contributed by atoms with Crippen molar-refractivity contribution in [1.29, 1.82) is 0 Å². The van der Waals surface area contributed by atoms with Gasteiger partial charge in [0.1, 0.15) is 0 Å². The van der Waals surface area contributed by atoms with Crippen LogP contribution in [0.1, 0.15) is 5.56 Å². The summed E-state index contributed by atoms with van der Waals surface area (Å²) in [5.41, 5.74) is 1.05. The third-order valence-corrected chi connectivity index (χ3v) is 2.64. The van der Waals surface area contributed by atoms with E-state index in [0.717, 1.165) is 5.56 Å². The van der Waals surface area contributed by atoms with E-state index in [9.17, 15) is 4.79 Å². The number of alkyl halides is 3. The Labute approximate surface area is 114 Å². The molecule has 0 bridgehead atoms. The van der Waals surface area contributed by atoms with E-state index in [2.05, 4.69) is 5.32 Å². The Morgan fingerprint density at radius 2 is 1.75 bits per heavy atom. The van der Waals surface area contributed by atoms with Gasteiger partial charge in [0.05, 0.1) is 0 Å². The normalized spacial score (nSPS) is 11.2. The quantitative estimate of drug-likeness (QED) is 0.852. The standard InChI is InChI=1S/C10H9Cl4NO/c11-8-3-1-7(2-4-8)5-6-15-9(16)10(12,13)14/h1-4H,5-6H2,(H,15,16). The molecule has 88 valence electrons. The van der Waals surface area contributed by atoms with Crippen molar-refractivity contribution >= 4 is 52.3 Å². The molecule has 1 aromatic carbocycles. The lowest BCUT2D eigenvalue weighted by Crippen LogP contribution is -2.35. The molecular weight excluding hydrogens is 292 g/mol. The van der Waals surface area contributed by atoms with Crippen molar-refractivity contribution in [2.75, 3.05) is 6.54 Å². The molecule has 1 aromatic rings. The average Bonchev–Trinajstić information content (AvgIpc) is 2.19. The van der Waals surface area contributed by atoms with Crippen LogP contribution in [0.3, 0.4) is 0 Å². The van der Waals surface area contributed by atoms with E-state index in [4.69, 9.17) is 46.4 Å². The summed E-state index contributed by atoms with van der Waals surface area (Å²) in [7, 11) is 0. The number of hydrogen-bond donors (Lipinski definition) is 1. The van der Waals surface area contributed by atoms with Gasteiger partial charge in [-0.3, -0.25) is 4.79 Å². The molecule has 16 heavy (non-hydrogen) atoms. The van der Waals surface area contributed by atoms with E-state index in [1.807, 2.05) is 12.1 Å². The zero-order chi connectivity index (χ0) is 12.2. The van der Waals surface area contributed by atoms with Crippen molar-refractivity contribution in [2.24, 2.45) is 0 Å². The van der Waals surface area contributed by atoms with Crippen molar-refractivity contribution in [3.63, 3.8) is 0 Å². The first-order valence-corrected chi connectivity index (χ1v) is 6.00. The molecule has 1 rings (SSSR count). The topological polar surface area (TPSA) is 29.1 Å². The minimum Gasteiger partial charge on any atom is -0.352 e. The molecule has 6 heteroatoms. The summed E-state index contributed by atoms with van der Waals surface area (Å²) in [6, 6.07) is 7.33. The molecule has 0 atom stereocenters. The van der Waals surface area contributed by atoms with Gasteiger partial charge < -0.3 is 5.32 Å². The lowest BCUT2D eigenvalue weighted by Gasteiger charge is -2.11. The van der Waals surface area contributed by atoms with Crippen LogP contribution in [0.2, 0.25) is 5.02 Å². The molecule has 1 N–H and O–H groups in total. The van der Waals surface area contributed by atoms with Gasteiger partial charge in [0.25, 0.3) is 9.70 Å². The monoisotopic (exact) mass is 299 g/mol. The molecule has 0 unspecified atom stereocenters. The minimum absolute atomic E-state index is 0.411. The molecule has 2 nitrogen and oxygen atoms in total. The number of carbonyl (C=O) groups is 1. The molecule has 1 amide bonds. The molecule has 0 saturated carbocycles. The van der Waals surface area contributed by atoms with Gasteiger partial charge in [-0.15, -0.1) is 0 Å². The fourth-order valence-electron chi connectivity index (χ4n) is 1.07. The van der Waals surface area contributed by atoms with E-state index >= 15 is 0 Å². The van der Waals surface area contributed by atoms with Gasteiger partial charge in [0.2, 0.25) is 0 Å². The molecule has 0 aliphatic rings. The summed E-state index contributed by atoms with van der Waals surface area (Å²) in [5, 5.41) is 3.19. The van der Waals surface area contributed by atoms with Crippen LogP contribution in [0.15, 0.2) is 24.3 Å². The van der Waals surface area contributed by atoms with Gasteiger partial charge in [0.15, 0.2) is 0 Å². The van der Waals surface area contributed by atoms with Crippen LogP contribution >= 0.6 is 46.4 Å². The zero-order valence-corrected chi connectivity index (χ0v) is 11.2. The first-order valence-electron chi connectivity index (χ1n) is 4.49. The highest BCUT2D eigenvalue weighted by molar-refractivity contribution is 6.76. The van der Waals surface area contributed by atoms with E-state index in [0.29, 0.717) is 18.0 Å². The fourth-order valence-corrected chi connectivity index (χ4v) is 1.40. The molecule has 0 saturated heterocycles. The maximum atomic E-state index is 11.2. The minimum atomic E-state index is -1.90. The fraction of sp³-hybridized carbons (Fsp3) is 0.300. The van der Waals surface area contributed by atoms with E-state index in [1.165, 1.54) is 0 Å². The van der Waals surface area contributed by atoms with Crippen LogP contribution in [0, 0.1) is 0 Å². The number of nitrogens with one attached hydrogen (secondary N) is 1. The molecular formula is C10H9Cl4NO. The maximum absolute atomic E-state index is 11.2. The molecule has 0 fully saturated rings. The summed E-state index contributed by atoms with van der Waals surface area (Å²) in [6.07, 6.45) is 0.656. The molecule has 0 aromatic heterocycles. The lowest BCUT2D eigenvalue weighted by atomic mass is 10.1. The Balaban J connectivity index is 2.36. The SMILES string of the molecule is O=C(NCCc1ccc(Cl)cc1)C(Cl)(Cl)Cl. The van der Waals surface area contributed by atoms with Crippen LogP contribution < -0.4 is 5.32 Å². The van der Waals surface area contributed by atoms with Crippen LogP contribution in [-0.4, -0.2) is 16.2 Å². The average molecular weight is 301 g/mol. The molecule has 0 radical (unpaired) electrons. The van der Waals surface area contributed by atoms with Crippen molar-refractivity contribution in [3.8, 4) is 0 Å². The number of benzene rings is 1. The van der Waals surface area contributed by atoms with E-state index in [1.54, 1.807) is 12.1 Å². The van der Waals surface area contributed by atoms with Gasteiger partial charge in [-0.2, -0.15) is 0 Å². The van der Waals surface area contributed by atoms with Crippen molar-refractivity contribution in [1.82, 2.24) is 5.32 Å². The molecule has 0 aliphatic carbocycles. The number of halogens is 4. The Kier molecular flexibility index (Phi) is 5.19. The highest BCUT2D eigenvalue weighted by Crippen LogP contribution is 2.25. The number of amides is 1. The number of rotatable bonds is 3. The van der Waals surface area contributed by atoms with Crippen molar-refractivity contribution in [2.45, 2.75) is 10.2 Å². The molecule has 0 spiro atoms. The second-order valence-electron chi connectivity index (χ2n) is 3.13. The maximum Gasteiger partial charge on any atom is 0.272 e. The van der Waals surface area contributed by atoms with Crippen LogP contribution in [0.4, 0.5) is 0 Å². The smallest absolute Gasteiger partial charge is 0.272 e. The lowest BCUT2D eigenvalue weighted by molar-refractivity contribution is -0.120. The van der Waals surface area contributed by atoms with Crippen molar-refractivity contribution in [3.05, 3.63) is 34.9 Å². The summed E-state index contributed by atoms with van der Waals surface area (Å²) in [6.45, 7) is 0.411. The third kappa shape index (κ3) is 4.79. The largest absolute Gasteiger partial charge is 0.352 e. The predicted molar refractivity (Wildman–Crippen MR) is 68.5 cm³/mol. The summed E-state index contributed by atoms with van der Waals surface area (Å²) < 4.78 is -1.90. The summed E-state index contributed by atoms with van der Waals surface area (Å²) in [4.78, 5) is 11.2. The first kappa shape index (κ1) is 13.9. The molecule has 0 heterocycles. The summed E-state index contributed by atoms with van der Waals surface area (Å²) in [5.74, 6) is -0.619. The van der Waals surface area contributed by atoms with E-state index < -0.39 is 9.70 Å². The summed E-state index contributed by atoms with van der Waals surface area (Å²) >= 11 is 21.9. The highest BCUT2D eigenvalue weighted by atomic mass is 35.6. The van der Waals surface area contributed by atoms with Crippen LogP contribution in [0.5, 0.6) is 0 Å². The van der Waals surface area contributed by atoms with Gasteiger partial charge in [-0.1, -0.05) is 58.5 Å². The van der Waals surface area contributed by atoms with Crippen LogP contribution in [-0.2, 0) is 11.2 Å². The first-order chi connectivity index (χ1) is 7.39. The van der Waals surface area contributed by atoms with E-state index in [-0.39, 0.29) is 0 Å². The Bertz CT molecular complexity index is 358. The van der Waals surface area contributed by atoms with Crippen LogP contribution in [0.25, 0.3) is 0 Å². The second kappa shape index (κ2) is 5.97. The van der Waals surface area contributed by atoms with Gasteiger partial charge in [0, 0.05) is 11.6 Å². The number of hydrogen-bond acceptors (Lipinski definition) is 1. The Hall–Kier alpha value is -0.150. The third-order valence-electron chi connectivity index (χ3n) is 1.87.